The summed E-state index contributed by atoms with van der Waals surface area (Å²) in [7, 11) is 0. The number of halogens is 1. The van der Waals surface area contributed by atoms with E-state index in [0.29, 0.717) is 22.8 Å². The molecule has 0 saturated carbocycles. The maximum atomic E-state index is 11.7. The van der Waals surface area contributed by atoms with Gasteiger partial charge in [0, 0.05) is 17.0 Å². The fraction of sp³-hybridized carbons (Fsp3) is 0.286. The van der Waals surface area contributed by atoms with Crippen molar-refractivity contribution in [1.82, 2.24) is 4.98 Å². The molecule has 0 aliphatic rings. The number of rotatable bonds is 3. The summed E-state index contributed by atoms with van der Waals surface area (Å²) in [5.74, 6) is 0.581. The van der Waals surface area contributed by atoms with Crippen molar-refractivity contribution in [2.24, 2.45) is 0 Å². The molecule has 1 heterocycles. The van der Waals surface area contributed by atoms with E-state index in [1.54, 1.807) is 12.1 Å². The normalized spacial score (nSPS) is 11.2. The van der Waals surface area contributed by atoms with Gasteiger partial charge >= 0.3 is 0 Å². The molecule has 0 saturated heterocycles. The highest BCUT2D eigenvalue weighted by Gasteiger charge is 2.08. The van der Waals surface area contributed by atoms with E-state index in [1.165, 1.54) is 0 Å². The fourth-order valence-electron chi connectivity index (χ4n) is 1.78. The van der Waals surface area contributed by atoms with Crippen LogP contribution in [0.4, 0.5) is 0 Å². The Bertz CT molecular complexity index is 631. The third-order valence-corrected chi connectivity index (χ3v) is 2.90. The lowest BCUT2D eigenvalue weighted by atomic mass is 10.1. The van der Waals surface area contributed by atoms with Crippen LogP contribution < -0.4 is 10.3 Å². The summed E-state index contributed by atoms with van der Waals surface area (Å²) in [6.45, 7) is 7.58. The molecule has 1 radical (unpaired) electrons. The van der Waals surface area contributed by atoms with Gasteiger partial charge in [-0.2, -0.15) is 0 Å². The third-order valence-electron chi connectivity index (χ3n) is 2.61. The Kier molecular flexibility index (Phi) is 3.62. The van der Waals surface area contributed by atoms with Gasteiger partial charge in [-0.05, 0) is 39.3 Å². The molecule has 2 rings (SSSR count). The monoisotopic (exact) mass is 264 g/mol. The number of H-pyrrole nitrogens is 1. The van der Waals surface area contributed by atoms with Crippen molar-refractivity contribution in [2.75, 3.05) is 0 Å². The van der Waals surface area contributed by atoms with Gasteiger partial charge in [0.15, 0.2) is 0 Å². The summed E-state index contributed by atoms with van der Waals surface area (Å²) in [5.41, 5.74) is 1.25. The van der Waals surface area contributed by atoms with Gasteiger partial charge in [-0.1, -0.05) is 11.6 Å². The van der Waals surface area contributed by atoms with Crippen LogP contribution in [0.1, 0.15) is 19.4 Å². The lowest BCUT2D eigenvalue weighted by Crippen LogP contribution is -2.12. The van der Waals surface area contributed by atoms with Crippen molar-refractivity contribution in [2.45, 2.75) is 26.4 Å². The number of aromatic nitrogens is 1. The van der Waals surface area contributed by atoms with Crippen LogP contribution in [0.3, 0.4) is 0 Å². The van der Waals surface area contributed by atoms with Crippen LogP contribution in [-0.4, -0.2) is 11.1 Å². The average molecular weight is 265 g/mol. The van der Waals surface area contributed by atoms with E-state index >= 15 is 0 Å². The Morgan fingerprint density at radius 3 is 2.72 bits per heavy atom. The van der Waals surface area contributed by atoms with Gasteiger partial charge in [-0.3, -0.25) is 4.79 Å². The number of pyridine rings is 1. The molecule has 0 unspecified atom stereocenters. The summed E-state index contributed by atoms with van der Waals surface area (Å²) in [6.07, 6.45) is 0.485. The SMILES string of the molecule is [CH2]Cc1cc2cc(Cl)c(OC(C)C)cc2[nH]c1=O. The first-order valence-electron chi connectivity index (χ1n) is 5.82. The molecule has 0 aliphatic heterocycles. The lowest BCUT2D eigenvalue weighted by Gasteiger charge is -2.12. The summed E-state index contributed by atoms with van der Waals surface area (Å²) >= 11 is 6.15. The Balaban J connectivity index is 2.61. The fourth-order valence-corrected chi connectivity index (χ4v) is 2.00. The third kappa shape index (κ3) is 2.51. The maximum absolute atomic E-state index is 11.7. The van der Waals surface area contributed by atoms with E-state index in [0.717, 1.165) is 10.9 Å². The number of aromatic amines is 1. The van der Waals surface area contributed by atoms with Gasteiger partial charge in [0.25, 0.3) is 5.56 Å². The molecule has 95 valence electrons. The highest BCUT2D eigenvalue weighted by molar-refractivity contribution is 6.32. The van der Waals surface area contributed by atoms with E-state index in [1.807, 2.05) is 19.9 Å². The van der Waals surface area contributed by atoms with Crippen LogP contribution in [0.2, 0.25) is 5.02 Å². The maximum Gasteiger partial charge on any atom is 0.251 e. The second-order valence-corrected chi connectivity index (χ2v) is 4.82. The topological polar surface area (TPSA) is 42.1 Å². The van der Waals surface area contributed by atoms with Crippen molar-refractivity contribution in [3.63, 3.8) is 0 Å². The van der Waals surface area contributed by atoms with E-state index in [-0.39, 0.29) is 11.7 Å². The Labute approximate surface area is 111 Å². The zero-order valence-electron chi connectivity index (χ0n) is 10.4. The standard InChI is InChI=1S/C14H15ClNO2/c1-4-9-5-10-6-11(15)13(18-8(2)3)7-12(10)16-14(9)17/h5-8H,1,4H2,2-3H3,(H,16,17). The molecule has 4 heteroatoms. The van der Waals surface area contributed by atoms with Crippen molar-refractivity contribution in [1.29, 1.82) is 0 Å². The van der Waals surface area contributed by atoms with Crippen LogP contribution in [0.25, 0.3) is 10.9 Å². The van der Waals surface area contributed by atoms with Gasteiger partial charge in [0.1, 0.15) is 5.75 Å². The number of ether oxygens (including phenoxy) is 1. The molecule has 0 amide bonds. The minimum atomic E-state index is -0.115. The van der Waals surface area contributed by atoms with E-state index in [9.17, 15) is 4.79 Å². The smallest absolute Gasteiger partial charge is 0.251 e. The van der Waals surface area contributed by atoms with Crippen molar-refractivity contribution in [3.05, 3.63) is 46.1 Å². The predicted octanol–water partition coefficient (Wildman–Crippen LogP) is 3.35. The van der Waals surface area contributed by atoms with Crippen LogP contribution in [0.15, 0.2) is 23.0 Å². The number of nitrogens with one attached hydrogen (secondary N) is 1. The Morgan fingerprint density at radius 2 is 2.11 bits per heavy atom. The molecule has 1 aromatic carbocycles. The first-order valence-corrected chi connectivity index (χ1v) is 6.20. The summed E-state index contributed by atoms with van der Waals surface area (Å²) < 4.78 is 5.58. The van der Waals surface area contributed by atoms with Crippen molar-refractivity contribution in [3.8, 4) is 5.75 Å². The average Bonchev–Trinajstić information content (AvgIpc) is 2.29. The van der Waals surface area contributed by atoms with Gasteiger partial charge in [-0.15, -0.1) is 0 Å². The van der Waals surface area contributed by atoms with E-state index in [2.05, 4.69) is 11.9 Å². The second kappa shape index (κ2) is 5.02. The van der Waals surface area contributed by atoms with Crippen molar-refractivity contribution < 1.29 is 4.74 Å². The number of hydrogen-bond donors (Lipinski definition) is 1. The zero-order valence-corrected chi connectivity index (χ0v) is 11.2. The van der Waals surface area contributed by atoms with Crippen LogP contribution in [0, 0.1) is 6.92 Å². The molecule has 18 heavy (non-hydrogen) atoms. The van der Waals surface area contributed by atoms with Crippen LogP contribution in [0.5, 0.6) is 5.75 Å². The molecular formula is C14H15ClNO2. The highest BCUT2D eigenvalue weighted by atomic mass is 35.5. The Morgan fingerprint density at radius 1 is 1.39 bits per heavy atom. The van der Waals surface area contributed by atoms with Gasteiger partial charge in [0.05, 0.1) is 16.6 Å². The molecule has 1 N–H and O–H groups in total. The number of benzene rings is 1. The largest absolute Gasteiger partial charge is 0.489 e. The minimum Gasteiger partial charge on any atom is -0.489 e. The van der Waals surface area contributed by atoms with Crippen LogP contribution >= 0.6 is 11.6 Å². The second-order valence-electron chi connectivity index (χ2n) is 4.41. The van der Waals surface area contributed by atoms with Crippen molar-refractivity contribution >= 4 is 22.5 Å². The first-order chi connectivity index (χ1) is 8.51. The van der Waals surface area contributed by atoms with Gasteiger partial charge in [-0.25, -0.2) is 0 Å². The van der Waals surface area contributed by atoms with Gasteiger partial charge < -0.3 is 9.72 Å². The molecule has 0 atom stereocenters. The molecule has 0 spiro atoms. The minimum absolute atomic E-state index is 0.0331. The molecule has 0 fully saturated rings. The molecule has 0 aliphatic carbocycles. The van der Waals surface area contributed by atoms with Gasteiger partial charge in [0.2, 0.25) is 0 Å². The molecule has 1 aromatic heterocycles. The molecule has 3 nitrogen and oxygen atoms in total. The van der Waals surface area contributed by atoms with E-state index in [4.69, 9.17) is 16.3 Å². The predicted molar refractivity (Wildman–Crippen MR) is 74.4 cm³/mol. The van der Waals surface area contributed by atoms with Crippen LogP contribution in [-0.2, 0) is 6.42 Å². The highest BCUT2D eigenvalue weighted by Crippen LogP contribution is 2.29. The summed E-state index contributed by atoms with van der Waals surface area (Å²) in [5, 5.41) is 1.42. The van der Waals surface area contributed by atoms with E-state index < -0.39 is 0 Å². The first kappa shape index (κ1) is 13.0. The Hall–Kier alpha value is -1.48. The number of hydrogen-bond acceptors (Lipinski definition) is 2. The molecule has 2 aromatic rings. The lowest BCUT2D eigenvalue weighted by molar-refractivity contribution is 0.243. The number of fused-ring (bicyclic) bond motifs is 1. The molecule has 0 bridgehead atoms. The zero-order chi connectivity index (χ0) is 13.3. The summed E-state index contributed by atoms with van der Waals surface area (Å²) in [4.78, 5) is 14.5. The summed E-state index contributed by atoms with van der Waals surface area (Å²) in [6, 6.07) is 5.36. The quantitative estimate of drug-likeness (QED) is 0.924. The molecular weight excluding hydrogens is 250 g/mol.